The van der Waals surface area contributed by atoms with Crippen LogP contribution in [0.2, 0.25) is 0 Å². The molecule has 0 saturated carbocycles. The topological polar surface area (TPSA) is 8.17 Å². The van der Waals surface area contributed by atoms with Gasteiger partial charge in [0.2, 0.25) is 0 Å². The lowest BCUT2D eigenvalue weighted by Crippen LogP contribution is -2.29. The van der Waals surface area contributed by atoms with Crippen molar-refractivity contribution >= 4 is 26.8 Å². The molecule has 0 spiro atoms. The molecule has 0 aliphatic carbocycles. The van der Waals surface area contributed by atoms with Crippen molar-refractivity contribution in [2.45, 2.75) is 25.8 Å². The third kappa shape index (κ3) is 2.21. The van der Waals surface area contributed by atoms with Gasteiger partial charge in [0.1, 0.15) is 0 Å². The summed E-state index contributed by atoms with van der Waals surface area (Å²) in [4.78, 5) is 2.58. The average Bonchev–Trinajstić information content (AvgIpc) is 2.69. The van der Waals surface area contributed by atoms with Gasteiger partial charge in [0.05, 0.1) is 5.52 Å². The lowest BCUT2D eigenvalue weighted by atomic mass is 10.1. The number of fused-ring (bicyclic) bond motifs is 1. The molecule has 0 radical (unpaired) electrons. The average molecular weight is 307 g/mol. The molecule has 1 aromatic heterocycles. The van der Waals surface area contributed by atoms with E-state index in [0.717, 1.165) is 6.54 Å². The number of nitrogens with zero attached hydrogens (tertiary/aromatic N) is 2. The minimum Gasteiger partial charge on any atom is -0.345 e. The van der Waals surface area contributed by atoms with Gasteiger partial charge < -0.3 is 4.57 Å². The molecule has 3 rings (SSSR count). The zero-order valence-corrected chi connectivity index (χ0v) is 12.4. The standard InChI is InChI=1S/C15H19BrN2/c1-17-13(11-18-8-3-2-4-9-18)10-12-6-5-7-14(16)15(12)17/h5-7,10H,2-4,8-9,11H2,1H3. The molecule has 1 saturated heterocycles. The van der Waals surface area contributed by atoms with Gasteiger partial charge in [-0.25, -0.2) is 0 Å². The van der Waals surface area contributed by atoms with E-state index in [1.165, 1.54) is 53.4 Å². The summed E-state index contributed by atoms with van der Waals surface area (Å²) in [7, 11) is 2.17. The highest BCUT2D eigenvalue weighted by Crippen LogP contribution is 2.27. The summed E-state index contributed by atoms with van der Waals surface area (Å²) in [5, 5.41) is 1.33. The zero-order valence-electron chi connectivity index (χ0n) is 10.8. The molecular formula is C15H19BrN2. The number of aryl methyl sites for hydroxylation is 1. The molecule has 0 amide bonds. The fraction of sp³-hybridized carbons (Fsp3) is 0.467. The zero-order chi connectivity index (χ0) is 12.5. The SMILES string of the molecule is Cn1c(CN2CCCCC2)cc2cccc(Br)c21. The van der Waals surface area contributed by atoms with Crippen molar-refractivity contribution in [1.29, 1.82) is 0 Å². The summed E-state index contributed by atoms with van der Waals surface area (Å²) in [6, 6.07) is 8.75. The molecule has 0 bridgehead atoms. The van der Waals surface area contributed by atoms with Crippen LogP contribution in [-0.4, -0.2) is 22.6 Å². The highest BCUT2D eigenvalue weighted by molar-refractivity contribution is 9.10. The molecule has 0 N–H and O–H groups in total. The van der Waals surface area contributed by atoms with E-state index >= 15 is 0 Å². The van der Waals surface area contributed by atoms with E-state index in [4.69, 9.17) is 0 Å². The number of para-hydroxylation sites is 1. The normalized spacial score (nSPS) is 17.4. The summed E-state index contributed by atoms with van der Waals surface area (Å²) in [6.45, 7) is 3.59. The van der Waals surface area contributed by atoms with Gasteiger partial charge in [-0.15, -0.1) is 0 Å². The van der Waals surface area contributed by atoms with E-state index in [9.17, 15) is 0 Å². The van der Waals surface area contributed by atoms with Gasteiger partial charge in [0.15, 0.2) is 0 Å². The van der Waals surface area contributed by atoms with Gasteiger partial charge in [0, 0.05) is 29.1 Å². The highest BCUT2D eigenvalue weighted by Gasteiger charge is 2.14. The molecule has 0 unspecified atom stereocenters. The number of hydrogen-bond donors (Lipinski definition) is 0. The van der Waals surface area contributed by atoms with Crippen LogP contribution in [0.3, 0.4) is 0 Å². The van der Waals surface area contributed by atoms with E-state index in [-0.39, 0.29) is 0 Å². The van der Waals surface area contributed by atoms with Crippen LogP contribution in [0.15, 0.2) is 28.7 Å². The predicted molar refractivity (Wildman–Crippen MR) is 79.7 cm³/mol. The Morgan fingerprint density at radius 2 is 1.94 bits per heavy atom. The minimum atomic E-state index is 1.08. The van der Waals surface area contributed by atoms with Crippen LogP contribution in [0.25, 0.3) is 10.9 Å². The van der Waals surface area contributed by atoms with Gasteiger partial charge in [-0.3, -0.25) is 4.90 Å². The first-order valence-corrected chi connectivity index (χ1v) is 7.50. The summed E-state index contributed by atoms with van der Waals surface area (Å²) in [6.07, 6.45) is 4.11. The number of aromatic nitrogens is 1. The lowest BCUT2D eigenvalue weighted by molar-refractivity contribution is 0.217. The van der Waals surface area contributed by atoms with E-state index in [2.05, 4.69) is 56.7 Å². The molecule has 18 heavy (non-hydrogen) atoms. The van der Waals surface area contributed by atoms with Crippen molar-refractivity contribution in [2.24, 2.45) is 7.05 Å². The van der Waals surface area contributed by atoms with Crippen molar-refractivity contribution < 1.29 is 0 Å². The molecule has 1 aliphatic heterocycles. The number of hydrogen-bond acceptors (Lipinski definition) is 1. The van der Waals surface area contributed by atoms with Crippen LogP contribution in [0.1, 0.15) is 25.0 Å². The first-order chi connectivity index (χ1) is 8.75. The Morgan fingerprint density at radius 3 is 2.67 bits per heavy atom. The molecule has 1 fully saturated rings. The van der Waals surface area contributed by atoms with Crippen molar-refractivity contribution in [3.8, 4) is 0 Å². The monoisotopic (exact) mass is 306 g/mol. The fourth-order valence-corrected chi connectivity index (χ4v) is 3.57. The van der Waals surface area contributed by atoms with Crippen LogP contribution < -0.4 is 0 Å². The number of likely N-dealkylation sites (tertiary alicyclic amines) is 1. The third-order valence-corrected chi connectivity index (χ3v) is 4.58. The fourth-order valence-electron chi connectivity index (χ4n) is 2.92. The second-order valence-corrected chi connectivity index (χ2v) is 6.06. The minimum absolute atomic E-state index is 1.08. The van der Waals surface area contributed by atoms with Crippen LogP contribution in [0.4, 0.5) is 0 Å². The van der Waals surface area contributed by atoms with E-state index in [1.54, 1.807) is 0 Å². The first kappa shape index (κ1) is 12.2. The van der Waals surface area contributed by atoms with Crippen molar-refractivity contribution in [2.75, 3.05) is 13.1 Å². The van der Waals surface area contributed by atoms with Gasteiger partial charge in [0.25, 0.3) is 0 Å². The Kier molecular flexibility index (Phi) is 3.44. The number of piperidine rings is 1. The largest absolute Gasteiger partial charge is 0.345 e. The number of benzene rings is 1. The van der Waals surface area contributed by atoms with Crippen LogP contribution in [0.5, 0.6) is 0 Å². The summed E-state index contributed by atoms with van der Waals surface area (Å²) in [5.41, 5.74) is 2.73. The molecule has 3 heteroatoms. The van der Waals surface area contributed by atoms with Crippen molar-refractivity contribution in [3.63, 3.8) is 0 Å². The first-order valence-electron chi connectivity index (χ1n) is 6.71. The van der Waals surface area contributed by atoms with Gasteiger partial charge in [-0.05, 0) is 54.0 Å². The van der Waals surface area contributed by atoms with Crippen molar-refractivity contribution in [1.82, 2.24) is 9.47 Å². The van der Waals surface area contributed by atoms with Crippen LogP contribution >= 0.6 is 15.9 Å². The molecule has 1 aromatic carbocycles. The Morgan fingerprint density at radius 1 is 1.17 bits per heavy atom. The Balaban J connectivity index is 1.92. The van der Waals surface area contributed by atoms with E-state index in [1.807, 2.05) is 0 Å². The molecule has 2 heterocycles. The maximum absolute atomic E-state index is 3.65. The second kappa shape index (κ2) is 5.06. The van der Waals surface area contributed by atoms with Gasteiger partial charge in [-0.2, -0.15) is 0 Å². The van der Waals surface area contributed by atoms with Crippen LogP contribution in [0, 0.1) is 0 Å². The quantitative estimate of drug-likeness (QED) is 0.816. The summed E-state index contributed by atoms with van der Waals surface area (Å²) >= 11 is 3.65. The molecule has 96 valence electrons. The molecule has 0 atom stereocenters. The third-order valence-electron chi connectivity index (χ3n) is 3.94. The van der Waals surface area contributed by atoms with Gasteiger partial charge >= 0.3 is 0 Å². The number of halogens is 1. The maximum Gasteiger partial charge on any atom is 0.0624 e. The number of rotatable bonds is 2. The van der Waals surface area contributed by atoms with Gasteiger partial charge in [-0.1, -0.05) is 18.6 Å². The predicted octanol–water partition coefficient (Wildman–Crippen LogP) is 3.93. The lowest BCUT2D eigenvalue weighted by Gasteiger charge is -2.26. The summed E-state index contributed by atoms with van der Waals surface area (Å²) < 4.78 is 3.51. The Bertz CT molecular complexity index is 553. The van der Waals surface area contributed by atoms with E-state index < -0.39 is 0 Å². The second-order valence-electron chi connectivity index (χ2n) is 5.21. The Labute approximate surface area is 117 Å². The summed E-state index contributed by atoms with van der Waals surface area (Å²) in [5.74, 6) is 0. The van der Waals surface area contributed by atoms with Crippen molar-refractivity contribution in [3.05, 3.63) is 34.4 Å². The van der Waals surface area contributed by atoms with Crippen LogP contribution in [-0.2, 0) is 13.6 Å². The molecule has 1 aliphatic rings. The van der Waals surface area contributed by atoms with E-state index in [0.29, 0.717) is 0 Å². The highest BCUT2D eigenvalue weighted by atomic mass is 79.9. The smallest absolute Gasteiger partial charge is 0.0624 e. The maximum atomic E-state index is 3.65. The molecule has 2 nitrogen and oxygen atoms in total. The Hall–Kier alpha value is -0.800. The molecular weight excluding hydrogens is 288 g/mol. The molecule has 2 aromatic rings.